The zero-order valence-corrected chi connectivity index (χ0v) is 13.7. The molecule has 1 amide bonds. The molecule has 0 spiro atoms. The van der Waals surface area contributed by atoms with E-state index < -0.39 is 0 Å². The van der Waals surface area contributed by atoms with Crippen molar-refractivity contribution in [2.75, 3.05) is 5.32 Å². The van der Waals surface area contributed by atoms with Gasteiger partial charge in [-0.05, 0) is 38.7 Å². The van der Waals surface area contributed by atoms with Crippen LogP contribution in [0, 0.1) is 19.8 Å². The Kier molecular flexibility index (Phi) is 4.31. The van der Waals surface area contributed by atoms with Gasteiger partial charge in [0.05, 0.1) is 5.69 Å². The Bertz CT molecular complexity index is 677. The van der Waals surface area contributed by atoms with Crippen molar-refractivity contribution in [3.8, 4) is 11.3 Å². The summed E-state index contributed by atoms with van der Waals surface area (Å²) in [6.07, 6.45) is 3.68. The van der Waals surface area contributed by atoms with Crippen LogP contribution >= 0.6 is 11.3 Å². The van der Waals surface area contributed by atoms with Crippen LogP contribution in [0.2, 0.25) is 0 Å². The number of nitrogens with two attached hydrogens (primary N) is 1. The van der Waals surface area contributed by atoms with Gasteiger partial charge >= 0.3 is 0 Å². The van der Waals surface area contributed by atoms with Crippen molar-refractivity contribution >= 4 is 22.4 Å². The van der Waals surface area contributed by atoms with E-state index in [0.29, 0.717) is 17.5 Å². The van der Waals surface area contributed by atoms with Crippen molar-refractivity contribution in [3.63, 3.8) is 0 Å². The van der Waals surface area contributed by atoms with E-state index >= 15 is 0 Å². The number of carbonyl (C=O) groups excluding carboxylic acids is 1. The van der Waals surface area contributed by atoms with E-state index in [0.717, 1.165) is 42.0 Å². The summed E-state index contributed by atoms with van der Waals surface area (Å²) in [6, 6.07) is 2.13. The van der Waals surface area contributed by atoms with Crippen LogP contribution in [0.5, 0.6) is 0 Å². The van der Waals surface area contributed by atoms with Crippen molar-refractivity contribution < 1.29 is 9.21 Å². The van der Waals surface area contributed by atoms with Crippen LogP contribution in [0.15, 0.2) is 15.9 Å². The van der Waals surface area contributed by atoms with Crippen LogP contribution in [0.1, 0.15) is 37.2 Å². The molecule has 0 radical (unpaired) electrons. The molecule has 2 aromatic rings. The van der Waals surface area contributed by atoms with E-state index in [1.54, 1.807) is 0 Å². The Morgan fingerprint density at radius 2 is 2.32 bits per heavy atom. The first kappa shape index (κ1) is 15.2. The first-order chi connectivity index (χ1) is 10.5. The van der Waals surface area contributed by atoms with Crippen LogP contribution in [0.3, 0.4) is 0 Å². The van der Waals surface area contributed by atoms with Crippen molar-refractivity contribution in [1.82, 2.24) is 4.98 Å². The highest BCUT2D eigenvalue weighted by Gasteiger charge is 2.26. The average Bonchev–Trinajstić information content (AvgIpc) is 3.13. The van der Waals surface area contributed by atoms with E-state index in [4.69, 9.17) is 10.2 Å². The van der Waals surface area contributed by atoms with Gasteiger partial charge in [0.15, 0.2) is 5.13 Å². The molecule has 5 nitrogen and oxygen atoms in total. The lowest BCUT2D eigenvalue weighted by molar-refractivity contribution is -0.117. The SMILES string of the molecule is Cc1cc(-c2csc(NC(=O)C[C@@H]3CCC[C@H]3N)n2)c(C)o1. The highest BCUT2D eigenvalue weighted by atomic mass is 32.1. The fourth-order valence-electron chi connectivity index (χ4n) is 3.07. The maximum atomic E-state index is 12.1. The average molecular weight is 319 g/mol. The Balaban J connectivity index is 1.64. The molecule has 2 heterocycles. The lowest BCUT2D eigenvalue weighted by atomic mass is 10.00. The van der Waals surface area contributed by atoms with Gasteiger partial charge in [0, 0.05) is 23.4 Å². The number of amides is 1. The summed E-state index contributed by atoms with van der Waals surface area (Å²) in [6.45, 7) is 3.83. The number of hydrogen-bond acceptors (Lipinski definition) is 5. The summed E-state index contributed by atoms with van der Waals surface area (Å²) in [5.41, 5.74) is 7.84. The molecule has 0 aromatic carbocycles. The van der Waals surface area contributed by atoms with Gasteiger partial charge in [-0.2, -0.15) is 0 Å². The van der Waals surface area contributed by atoms with Crippen molar-refractivity contribution in [2.24, 2.45) is 11.7 Å². The molecule has 3 N–H and O–H groups in total. The standard InChI is InChI=1S/C16H21N3O2S/c1-9-6-12(10(2)21-9)14-8-22-16(18-14)19-15(20)7-11-4-3-5-13(11)17/h6,8,11,13H,3-5,7,17H2,1-2H3,(H,18,19,20)/t11-,13+/m0/s1. The summed E-state index contributed by atoms with van der Waals surface area (Å²) in [7, 11) is 0. The van der Waals surface area contributed by atoms with E-state index in [-0.39, 0.29) is 11.9 Å². The molecule has 3 rings (SSSR count). The van der Waals surface area contributed by atoms with Gasteiger partial charge in [-0.15, -0.1) is 11.3 Å². The molecule has 1 saturated carbocycles. The zero-order chi connectivity index (χ0) is 15.7. The van der Waals surface area contributed by atoms with Crippen LogP contribution < -0.4 is 11.1 Å². The number of rotatable bonds is 4. The van der Waals surface area contributed by atoms with Gasteiger partial charge in [0.2, 0.25) is 5.91 Å². The highest BCUT2D eigenvalue weighted by Crippen LogP contribution is 2.30. The number of nitrogens with zero attached hydrogens (tertiary/aromatic N) is 1. The Morgan fingerprint density at radius 3 is 2.95 bits per heavy atom. The summed E-state index contributed by atoms with van der Waals surface area (Å²) in [5, 5.41) is 5.46. The number of anilines is 1. The van der Waals surface area contributed by atoms with Crippen LogP contribution in [-0.2, 0) is 4.79 Å². The second kappa shape index (κ2) is 6.22. The third-order valence-corrected chi connectivity index (χ3v) is 4.99. The molecular formula is C16H21N3O2S. The van der Waals surface area contributed by atoms with Crippen molar-refractivity contribution in [2.45, 2.75) is 45.6 Å². The van der Waals surface area contributed by atoms with Crippen LogP contribution in [0.25, 0.3) is 11.3 Å². The molecule has 0 unspecified atom stereocenters. The molecule has 118 valence electrons. The third kappa shape index (κ3) is 3.23. The maximum Gasteiger partial charge on any atom is 0.226 e. The fourth-order valence-corrected chi connectivity index (χ4v) is 3.79. The molecule has 1 aliphatic rings. The Hall–Kier alpha value is -1.66. The summed E-state index contributed by atoms with van der Waals surface area (Å²) in [5.74, 6) is 2.01. The summed E-state index contributed by atoms with van der Waals surface area (Å²) in [4.78, 5) is 16.6. The van der Waals surface area contributed by atoms with E-state index in [9.17, 15) is 4.79 Å². The predicted molar refractivity (Wildman–Crippen MR) is 87.9 cm³/mol. The minimum atomic E-state index is 0.00310. The molecule has 2 atom stereocenters. The maximum absolute atomic E-state index is 12.1. The number of nitrogens with one attached hydrogen (secondary N) is 1. The van der Waals surface area contributed by atoms with Crippen LogP contribution in [0.4, 0.5) is 5.13 Å². The van der Waals surface area contributed by atoms with E-state index in [2.05, 4.69) is 10.3 Å². The molecule has 1 aliphatic carbocycles. The largest absolute Gasteiger partial charge is 0.466 e. The zero-order valence-electron chi connectivity index (χ0n) is 12.9. The number of furan rings is 1. The first-order valence-corrected chi connectivity index (χ1v) is 8.49. The van der Waals surface area contributed by atoms with Gasteiger partial charge in [-0.25, -0.2) is 4.98 Å². The van der Waals surface area contributed by atoms with Gasteiger partial charge in [0.25, 0.3) is 0 Å². The molecule has 22 heavy (non-hydrogen) atoms. The molecule has 0 saturated heterocycles. The number of hydrogen-bond donors (Lipinski definition) is 2. The lowest BCUT2D eigenvalue weighted by Crippen LogP contribution is -2.28. The Morgan fingerprint density at radius 1 is 1.50 bits per heavy atom. The molecule has 0 aliphatic heterocycles. The monoisotopic (exact) mass is 319 g/mol. The number of aromatic nitrogens is 1. The smallest absolute Gasteiger partial charge is 0.226 e. The minimum absolute atomic E-state index is 0.00310. The second-order valence-electron chi connectivity index (χ2n) is 5.97. The first-order valence-electron chi connectivity index (χ1n) is 7.61. The van der Waals surface area contributed by atoms with Gasteiger partial charge < -0.3 is 15.5 Å². The normalized spacial score (nSPS) is 21.2. The van der Waals surface area contributed by atoms with Crippen LogP contribution in [-0.4, -0.2) is 16.9 Å². The molecular weight excluding hydrogens is 298 g/mol. The number of thiazole rings is 1. The Labute approximate surface area is 133 Å². The minimum Gasteiger partial charge on any atom is -0.466 e. The fraction of sp³-hybridized carbons (Fsp3) is 0.500. The molecule has 0 bridgehead atoms. The van der Waals surface area contributed by atoms with Gasteiger partial charge in [0.1, 0.15) is 11.5 Å². The highest BCUT2D eigenvalue weighted by molar-refractivity contribution is 7.14. The molecule has 6 heteroatoms. The summed E-state index contributed by atoms with van der Waals surface area (Å²) >= 11 is 1.43. The third-order valence-electron chi connectivity index (χ3n) is 4.23. The lowest BCUT2D eigenvalue weighted by Gasteiger charge is -2.13. The number of aryl methyl sites for hydroxylation is 2. The second-order valence-corrected chi connectivity index (χ2v) is 6.83. The molecule has 1 fully saturated rings. The summed E-state index contributed by atoms with van der Waals surface area (Å²) < 4.78 is 5.52. The number of carbonyl (C=O) groups is 1. The van der Waals surface area contributed by atoms with Gasteiger partial charge in [-0.3, -0.25) is 4.79 Å². The van der Waals surface area contributed by atoms with Gasteiger partial charge in [-0.1, -0.05) is 6.42 Å². The molecule has 2 aromatic heterocycles. The van der Waals surface area contributed by atoms with E-state index in [1.807, 2.05) is 25.3 Å². The topological polar surface area (TPSA) is 81.2 Å². The van der Waals surface area contributed by atoms with Crippen molar-refractivity contribution in [1.29, 1.82) is 0 Å². The quantitative estimate of drug-likeness (QED) is 0.904. The van der Waals surface area contributed by atoms with Crippen molar-refractivity contribution in [3.05, 3.63) is 23.0 Å². The van der Waals surface area contributed by atoms with E-state index in [1.165, 1.54) is 11.3 Å². The predicted octanol–water partition coefficient (Wildman–Crippen LogP) is 3.48.